The Morgan fingerprint density at radius 1 is 1.16 bits per heavy atom. The van der Waals surface area contributed by atoms with E-state index in [-0.39, 0.29) is 13.2 Å². The van der Waals surface area contributed by atoms with Crippen molar-refractivity contribution < 1.29 is 19.1 Å². The Balaban J connectivity index is 1.81. The summed E-state index contributed by atoms with van der Waals surface area (Å²) < 4.78 is 12.6. The Hall–Kier alpha value is -1.87. The van der Waals surface area contributed by atoms with Gasteiger partial charge in [-0.3, -0.25) is 4.79 Å². The third-order valence-electron chi connectivity index (χ3n) is 4.61. The first-order chi connectivity index (χ1) is 15.2. The second kappa shape index (κ2) is 10.8. The van der Waals surface area contributed by atoms with Crippen molar-refractivity contribution in [3.63, 3.8) is 0 Å². The van der Waals surface area contributed by atoms with Gasteiger partial charge in [-0.25, -0.2) is 4.79 Å². The summed E-state index contributed by atoms with van der Waals surface area (Å²) in [5.74, 6) is -0.363. The molecule has 0 spiro atoms. The first-order valence-corrected chi connectivity index (χ1v) is 12.5. The summed E-state index contributed by atoms with van der Waals surface area (Å²) in [6.07, 6.45) is 0. The molecule has 3 aromatic rings. The number of rotatable bonds is 7. The third-order valence-corrected chi connectivity index (χ3v) is 7.60. The number of halogens is 3. The monoisotopic (exact) mass is 599 g/mol. The number of anilines is 1. The zero-order valence-electron chi connectivity index (χ0n) is 17.6. The molecule has 0 saturated heterocycles. The van der Waals surface area contributed by atoms with Crippen LogP contribution < -0.4 is 10.1 Å². The zero-order chi connectivity index (χ0) is 23.4. The number of thiophene rings is 1. The fraction of sp³-hybridized carbons (Fsp3) is 0.217. The lowest BCUT2D eigenvalue weighted by molar-refractivity contribution is -0.118. The summed E-state index contributed by atoms with van der Waals surface area (Å²) in [5, 5.41) is 5.67. The molecule has 5 nitrogen and oxygen atoms in total. The van der Waals surface area contributed by atoms with E-state index >= 15 is 0 Å². The molecule has 1 N–H and O–H groups in total. The van der Waals surface area contributed by atoms with E-state index in [1.54, 1.807) is 13.0 Å². The third kappa shape index (κ3) is 5.54. The topological polar surface area (TPSA) is 64.6 Å². The number of ether oxygens (including phenoxy) is 2. The standard InChI is InChI=1S/C23H20Br2ClNO4S/c1-4-30-23(29)19-16(14-5-7-15(24)8-6-14)11-32-22(19)27-18(28)10-31-17-9-12(2)21(26)13(3)20(17)25/h5-9,11H,4,10H2,1-3H3,(H,27,28). The minimum absolute atomic E-state index is 0.229. The predicted octanol–water partition coefficient (Wildman–Crippen LogP) is 7.40. The molecular formula is C23H20Br2ClNO4S. The number of aryl methyl sites for hydroxylation is 1. The summed E-state index contributed by atoms with van der Waals surface area (Å²) in [4.78, 5) is 25.3. The molecule has 0 radical (unpaired) electrons. The molecule has 0 saturated carbocycles. The summed E-state index contributed by atoms with van der Waals surface area (Å²) in [6, 6.07) is 9.34. The fourth-order valence-electron chi connectivity index (χ4n) is 3.01. The van der Waals surface area contributed by atoms with E-state index < -0.39 is 11.9 Å². The van der Waals surface area contributed by atoms with E-state index in [2.05, 4.69) is 37.2 Å². The van der Waals surface area contributed by atoms with Gasteiger partial charge in [0.05, 0.1) is 11.1 Å². The molecule has 9 heteroatoms. The van der Waals surface area contributed by atoms with Gasteiger partial charge in [0, 0.05) is 20.4 Å². The minimum atomic E-state index is -0.491. The van der Waals surface area contributed by atoms with Crippen molar-refractivity contribution >= 4 is 71.7 Å². The molecule has 1 aromatic heterocycles. The maximum Gasteiger partial charge on any atom is 0.341 e. The fourth-order valence-corrected chi connectivity index (χ4v) is 4.94. The Kier molecular flexibility index (Phi) is 8.38. The number of hydrogen-bond acceptors (Lipinski definition) is 5. The lowest BCUT2D eigenvalue weighted by atomic mass is 10.0. The van der Waals surface area contributed by atoms with Gasteiger partial charge in [-0.1, -0.05) is 39.7 Å². The quantitative estimate of drug-likeness (QED) is 0.287. The highest BCUT2D eigenvalue weighted by Gasteiger charge is 2.23. The zero-order valence-corrected chi connectivity index (χ0v) is 22.3. The normalized spacial score (nSPS) is 10.7. The lowest BCUT2D eigenvalue weighted by Crippen LogP contribution is -2.21. The van der Waals surface area contributed by atoms with Gasteiger partial charge in [0.1, 0.15) is 16.3 Å². The molecule has 1 heterocycles. The number of nitrogens with one attached hydrogen (secondary N) is 1. The SMILES string of the molecule is CCOC(=O)c1c(-c2ccc(Br)cc2)csc1NC(=O)COc1cc(C)c(Cl)c(C)c1Br. The molecule has 32 heavy (non-hydrogen) atoms. The highest BCUT2D eigenvalue weighted by molar-refractivity contribution is 9.10. The van der Waals surface area contributed by atoms with Gasteiger partial charge in [0.15, 0.2) is 6.61 Å². The maximum absolute atomic E-state index is 12.7. The molecule has 0 aliphatic heterocycles. The number of esters is 1. The van der Waals surface area contributed by atoms with E-state index in [4.69, 9.17) is 21.1 Å². The number of carbonyl (C=O) groups excluding carboxylic acids is 2. The molecule has 0 fully saturated rings. The molecule has 3 rings (SSSR count). The molecule has 0 bridgehead atoms. The van der Waals surface area contributed by atoms with Crippen LogP contribution in [0.2, 0.25) is 5.02 Å². The average Bonchev–Trinajstić information content (AvgIpc) is 3.18. The smallest absolute Gasteiger partial charge is 0.341 e. The molecule has 168 valence electrons. The molecular weight excluding hydrogens is 582 g/mol. The number of carbonyl (C=O) groups is 2. The second-order valence-corrected chi connectivity index (χ2v) is 9.83. The van der Waals surface area contributed by atoms with Crippen molar-refractivity contribution in [1.82, 2.24) is 0 Å². The van der Waals surface area contributed by atoms with Gasteiger partial charge in [-0.05, 0) is 71.6 Å². The van der Waals surface area contributed by atoms with Gasteiger partial charge in [0.25, 0.3) is 5.91 Å². The van der Waals surface area contributed by atoms with Crippen LogP contribution in [0.1, 0.15) is 28.4 Å². The largest absolute Gasteiger partial charge is 0.483 e. The second-order valence-electron chi connectivity index (χ2n) is 6.86. The summed E-state index contributed by atoms with van der Waals surface area (Å²) in [6.45, 7) is 5.48. The van der Waals surface area contributed by atoms with Gasteiger partial charge in [0.2, 0.25) is 0 Å². The van der Waals surface area contributed by atoms with Crippen LogP contribution >= 0.6 is 54.8 Å². The maximum atomic E-state index is 12.7. The van der Waals surface area contributed by atoms with Crippen LogP contribution in [0.15, 0.2) is 44.7 Å². The van der Waals surface area contributed by atoms with E-state index in [1.807, 2.05) is 43.5 Å². The molecule has 2 aromatic carbocycles. The van der Waals surface area contributed by atoms with E-state index in [0.717, 1.165) is 21.2 Å². The molecule has 0 atom stereocenters. The molecule has 0 aliphatic carbocycles. The van der Waals surface area contributed by atoms with Crippen LogP contribution in [0.5, 0.6) is 5.75 Å². The summed E-state index contributed by atoms with van der Waals surface area (Å²) in [7, 11) is 0. The Bertz CT molecular complexity index is 1160. The van der Waals surface area contributed by atoms with Crippen LogP contribution in [0, 0.1) is 13.8 Å². The number of hydrogen-bond donors (Lipinski definition) is 1. The van der Waals surface area contributed by atoms with Crippen molar-refractivity contribution in [2.24, 2.45) is 0 Å². The first-order valence-electron chi connectivity index (χ1n) is 9.65. The van der Waals surface area contributed by atoms with Gasteiger partial charge in [-0.15, -0.1) is 11.3 Å². The van der Waals surface area contributed by atoms with Crippen molar-refractivity contribution in [2.45, 2.75) is 20.8 Å². The highest BCUT2D eigenvalue weighted by Crippen LogP contribution is 2.37. The van der Waals surface area contributed by atoms with Crippen LogP contribution in [-0.4, -0.2) is 25.1 Å². The number of amides is 1. The van der Waals surface area contributed by atoms with E-state index in [9.17, 15) is 9.59 Å². The highest BCUT2D eigenvalue weighted by atomic mass is 79.9. The van der Waals surface area contributed by atoms with Crippen LogP contribution in [0.25, 0.3) is 11.1 Å². The van der Waals surface area contributed by atoms with Crippen LogP contribution in [0.4, 0.5) is 5.00 Å². The van der Waals surface area contributed by atoms with Crippen molar-refractivity contribution in [3.05, 3.63) is 66.4 Å². The van der Waals surface area contributed by atoms with Crippen LogP contribution in [-0.2, 0) is 9.53 Å². The van der Waals surface area contributed by atoms with Crippen molar-refractivity contribution in [1.29, 1.82) is 0 Å². The van der Waals surface area contributed by atoms with Gasteiger partial charge in [-0.2, -0.15) is 0 Å². The van der Waals surface area contributed by atoms with E-state index in [0.29, 0.717) is 31.4 Å². The van der Waals surface area contributed by atoms with Crippen molar-refractivity contribution in [2.75, 3.05) is 18.5 Å². The molecule has 1 amide bonds. The Morgan fingerprint density at radius 2 is 1.84 bits per heavy atom. The summed E-state index contributed by atoms with van der Waals surface area (Å²) in [5.41, 5.74) is 3.56. The minimum Gasteiger partial charge on any atom is -0.483 e. The molecule has 0 aliphatic rings. The van der Waals surface area contributed by atoms with Gasteiger partial charge < -0.3 is 14.8 Å². The Morgan fingerprint density at radius 3 is 2.50 bits per heavy atom. The Labute approximate surface area is 212 Å². The first kappa shape index (κ1) is 24.8. The van der Waals surface area contributed by atoms with Crippen LogP contribution in [0.3, 0.4) is 0 Å². The summed E-state index contributed by atoms with van der Waals surface area (Å²) >= 11 is 14.4. The average molecular weight is 602 g/mol. The van der Waals surface area contributed by atoms with Gasteiger partial charge >= 0.3 is 5.97 Å². The predicted molar refractivity (Wildman–Crippen MR) is 136 cm³/mol. The van der Waals surface area contributed by atoms with Crippen molar-refractivity contribution in [3.8, 4) is 16.9 Å². The van der Waals surface area contributed by atoms with E-state index in [1.165, 1.54) is 11.3 Å². The lowest BCUT2D eigenvalue weighted by Gasteiger charge is -2.13. The number of benzene rings is 2. The molecule has 0 unspecified atom stereocenters.